The first kappa shape index (κ1) is 18.2. The van der Waals surface area contributed by atoms with E-state index in [4.69, 9.17) is 0 Å². The molecule has 0 fully saturated rings. The molecular weight excluding hydrogens is 302 g/mol. The third-order valence-electron chi connectivity index (χ3n) is 4.32. The van der Waals surface area contributed by atoms with Crippen molar-refractivity contribution in [2.24, 2.45) is 0 Å². The van der Waals surface area contributed by atoms with E-state index in [0.29, 0.717) is 24.7 Å². The van der Waals surface area contributed by atoms with Gasteiger partial charge < -0.3 is 5.32 Å². The maximum Gasteiger partial charge on any atom is 0.269 e. The quantitative estimate of drug-likeness (QED) is 0.847. The number of amides is 1. The molecule has 1 amide bonds. The second kappa shape index (κ2) is 7.64. The van der Waals surface area contributed by atoms with Crippen LogP contribution in [-0.4, -0.2) is 25.5 Å². The van der Waals surface area contributed by atoms with Crippen LogP contribution in [0.15, 0.2) is 6.07 Å². The van der Waals surface area contributed by atoms with Gasteiger partial charge in [0.1, 0.15) is 5.69 Å². The zero-order valence-electron chi connectivity index (χ0n) is 15.7. The number of carbonyl (C=O) groups is 1. The maximum absolute atomic E-state index is 12.6. The molecule has 6 heteroatoms. The summed E-state index contributed by atoms with van der Waals surface area (Å²) in [6.45, 7) is 14.4. The number of aromatic nitrogens is 4. The molecule has 132 valence electrons. The van der Waals surface area contributed by atoms with Crippen molar-refractivity contribution < 1.29 is 4.79 Å². The Kier molecular flexibility index (Phi) is 5.80. The largest absolute Gasteiger partial charge is 0.346 e. The van der Waals surface area contributed by atoms with Crippen LogP contribution < -0.4 is 5.32 Å². The highest BCUT2D eigenvalue weighted by molar-refractivity contribution is 5.92. The number of rotatable bonds is 7. The average molecular weight is 331 g/mol. The lowest BCUT2D eigenvalue weighted by atomic mass is 10.1. The van der Waals surface area contributed by atoms with Crippen LogP contribution in [0, 0.1) is 13.8 Å². The van der Waals surface area contributed by atoms with Gasteiger partial charge in [-0.3, -0.25) is 14.2 Å². The number of carbonyl (C=O) groups excluding carboxylic acids is 1. The normalized spacial score (nSPS) is 11.3. The second-order valence-electron chi connectivity index (χ2n) is 6.48. The average Bonchev–Trinajstić information content (AvgIpc) is 3.08. The van der Waals surface area contributed by atoms with Crippen molar-refractivity contribution in [2.45, 2.75) is 73.5 Å². The van der Waals surface area contributed by atoms with E-state index in [9.17, 15) is 4.79 Å². The second-order valence-corrected chi connectivity index (χ2v) is 6.48. The molecule has 0 aliphatic rings. The monoisotopic (exact) mass is 331 g/mol. The molecule has 1 N–H and O–H groups in total. The van der Waals surface area contributed by atoms with Gasteiger partial charge in [0.25, 0.3) is 5.91 Å². The van der Waals surface area contributed by atoms with Crippen LogP contribution in [0.1, 0.15) is 73.2 Å². The Morgan fingerprint density at radius 2 is 1.92 bits per heavy atom. The summed E-state index contributed by atoms with van der Waals surface area (Å²) in [7, 11) is 0. The van der Waals surface area contributed by atoms with Gasteiger partial charge in [0, 0.05) is 30.9 Å². The zero-order valence-corrected chi connectivity index (χ0v) is 15.7. The lowest BCUT2D eigenvalue weighted by molar-refractivity contribution is 0.0940. The Labute approximate surface area is 144 Å². The number of nitrogens with one attached hydrogen (secondary N) is 1. The van der Waals surface area contributed by atoms with Gasteiger partial charge in [-0.1, -0.05) is 20.8 Å². The third kappa shape index (κ3) is 3.68. The first-order valence-electron chi connectivity index (χ1n) is 8.77. The summed E-state index contributed by atoms with van der Waals surface area (Å²) in [5.74, 6) is 0.222. The highest BCUT2D eigenvalue weighted by atomic mass is 16.2. The summed E-state index contributed by atoms with van der Waals surface area (Å²) < 4.78 is 3.79. The molecule has 0 saturated carbocycles. The van der Waals surface area contributed by atoms with Crippen LogP contribution in [0.25, 0.3) is 0 Å². The Morgan fingerprint density at radius 3 is 2.50 bits per heavy atom. The van der Waals surface area contributed by atoms with Crippen LogP contribution in [0.4, 0.5) is 0 Å². The fourth-order valence-corrected chi connectivity index (χ4v) is 2.82. The topological polar surface area (TPSA) is 64.7 Å². The first-order valence-corrected chi connectivity index (χ1v) is 8.77. The highest BCUT2D eigenvalue weighted by Gasteiger charge is 2.17. The smallest absolute Gasteiger partial charge is 0.269 e. The van der Waals surface area contributed by atoms with Gasteiger partial charge in [0.15, 0.2) is 0 Å². The van der Waals surface area contributed by atoms with Crippen LogP contribution in [0.5, 0.6) is 0 Å². The minimum atomic E-state index is -0.0849. The molecular formula is C18H29N5O. The van der Waals surface area contributed by atoms with E-state index < -0.39 is 0 Å². The molecule has 0 atom stereocenters. The number of nitrogens with zero attached hydrogens (tertiary/aromatic N) is 4. The SMILES string of the molecule is CCCn1nc(C)c(CNC(=O)c2cc(C(C)C)nn2CC)c1C. The molecule has 0 aromatic carbocycles. The number of hydrogen-bond acceptors (Lipinski definition) is 3. The van der Waals surface area contributed by atoms with E-state index in [-0.39, 0.29) is 5.91 Å². The fraction of sp³-hybridized carbons (Fsp3) is 0.611. The maximum atomic E-state index is 12.6. The van der Waals surface area contributed by atoms with Crippen molar-refractivity contribution in [3.8, 4) is 0 Å². The molecule has 0 spiro atoms. The molecule has 0 bridgehead atoms. The molecule has 0 aliphatic heterocycles. The van der Waals surface area contributed by atoms with E-state index >= 15 is 0 Å². The summed E-state index contributed by atoms with van der Waals surface area (Å²) in [5.41, 5.74) is 4.78. The molecule has 2 heterocycles. The Bertz CT molecular complexity index is 711. The van der Waals surface area contributed by atoms with Gasteiger partial charge in [-0.25, -0.2) is 0 Å². The summed E-state index contributed by atoms with van der Waals surface area (Å²) in [6, 6.07) is 1.89. The van der Waals surface area contributed by atoms with Crippen molar-refractivity contribution in [3.05, 3.63) is 34.4 Å². The fourth-order valence-electron chi connectivity index (χ4n) is 2.82. The minimum absolute atomic E-state index is 0.0849. The van der Waals surface area contributed by atoms with Gasteiger partial charge in [0.05, 0.1) is 11.4 Å². The van der Waals surface area contributed by atoms with Gasteiger partial charge in [0.2, 0.25) is 0 Å². The van der Waals surface area contributed by atoms with E-state index in [1.54, 1.807) is 4.68 Å². The number of aryl methyl sites for hydroxylation is 3. The lowest BCUT2D eigenvalue weighted by Crippen LogP contribution is -2.26. The van der Waals surface area contributed by atoms with Crippen LogP contribution in [0.2, 0.25) is 0 Å². The van der Waals surface area contributed by atoms with Crippen molar-refractivity contribution in [1.82, 2.24) is 24.9 Å². The summed E-state index contributed by atoms with van der Waals surface area (Å²) in [4.78, 5) is 12.6. The van der Waals surface area contributed by atoms with Crippen molar-refractivity contribution in [3.63, 3.8) is 0 Å². The van der Waals surface area contributed by atoms with Gasteiger partial charge in [-0.2, -0.15) is 10.2 Å². The standard InChI is InChI=1S/C18H29N5O/c1-7-9-23-14(6)15(13(5)20-23)11-19-18(24)17-10-16(12(3)4)21-22(17)8-2/h10,12H,7-9,11H2,1-6H3,(H,19,24). The Morgan fingerprint density at radius 1 is 1.21 bits per heavy atom. The molecule has 2 aromatic rings. The van der Waals surface area contributed by atoms with Crippen LogP contribution >= 0.6 is 0 Å². The molecule has 2 aromatic heterocycles. The van der Waals surface area contributed by atoms with E-state index in [2.05, 4.69) is 43.2 Å². The van der Waals surface area contributed by atoms with Crippen LogP contribution in [0.3, 0.4) is 0 Å². The van der Waals surface area contributed by atoms with E-state index in [1.165, 1.54) is 0 Å². The number of hydrogen-bond donors (Lipinski definition) is 1. The predicted molar refractivity (Wildman–Crippen MR) is 95.2 cm³/mol. The molecule has 0 aliphatic carbocycles. The van der Waals surface area contributed by atoms with Gasteiger partial charge in [-0.15, -0.1) is 0 Å². The molecule has 6 nitrogen and oxygen atoms in total. The van der Waals surface area contributed by atoms with Crippen LogP contribution in [-0.2, 0) is 19.6 Å². The molecule has 0 unspecified atom stereocenters. The van der Waals surface area contributed by atoms with Crippen molar-refractivity contribution in [2.75, 3.05) is 0 Å². The molecule has 2 rings (SSSR count). The van der Waals surface area contributed by atoms with Crippen molar-refractivity contribution in [1.29, 1.82) is 0 Å². The summed E-state index contributed by atoms with van der Waals surface area (Å²) in [5, 5.41) is 12.1. The summed E-state index contributed by atoms with van der Waals surface area (Å²) >= 11 is 0. The Balaban J connectivity index is 2.14. The molecule has 0 radical (unpaired) electrons. The minimum Gasteiger partial charge on any atom is -0.346 e. The van der Waals surface area contributed by atoms with Crippen molar-refractivity contribution >= 4 is 5.91 Å². The highest BCUT2D eigenvalue weighted by Crippen LogP contribution is 2.16. The molecule has 0 saturated heterocycles. The lowest BCUT2D eigenvalue weighted by Gasteiger charge is -2.07. The van der Waals surface area contributed by atoms with Gasteiger partial charge in [-0.05, 0) is 39.2 Å². The third-order valence-corrected chi connectivity index (χ3v) is 4.32. The van der Waals surface area contributed by atoms with Gasteiger partial charge >= 0.3 is 0 Å². The van der Waals surface area contributed by atoms with E-state index in [0.717, 1.165) is 35.6 Å². The summed E-state index contributed by atoms with van der Waals surface area (Å²) in [6.07, 6.45) is 1.04. The zero-order chi connectivity index (χ0) is 17.9. The predicted octanol–water partition coefficient (Wildman–Crippen LogP) is 3.18. The first-order chi connectivity index (χ1) is 11.4. The Hall–Kier alpha value is -2.11. The molecule has 24 heavy (non-hydrogen) atoms. The van der Waals surface area contributed by atoms with E-state index in [1.807, 2.05) is 24.6 Å².